The van der Waals surface area contributed by atoms with Crippen LogP contribution in [0.15, 0.2) is 47.4 Å². The van der Waals surface area contributed by atoms with Crippen molar-refractivity contribution in [2.75, 3.05) is 5.75 Å². The van der Waals surface area contributed by atoms with Crippen molar-refractivity contribution < 1.29 is 49.1 Å². The number of alkyl halides is 6. The van der Waals surface area contributed by atoms with Crippen LogP contribution in [-0.2, 0) is 20.2 Å². The Balaban J connectivity index is 2.00. The van der Waals surface area contributed by atoms with E-state index in [9.17, 15) is 49.1 Å². The maximum atomic E-state index is 14.5. The second-order valence-electron chi connectivity index (χ2n) is 8.07. The van der Waals surface area contributed by atoms with Crippen molar-refractivity contribution in [3.05, 3.63) is 65.0 Å². The molecular formula is C21H18F7NO4S. The van der Waals surface area contributed by atoms with Gasteiger partial charge in [0.05, 0.1) is 16.6 Å². The van der Waals surface area contributed by atoms with E-state index >= 15 is 0 Å². The highest BCUT2D eigenvalue weighted by molar-refractivity contribution is 7.91. The second-order valence-corrected chi connectivity index (χ2v) is 10.1. The Bertz CT molecular complexity index is 1170. The molecule has 1 amide bonds. The predicted octanol–water partition coefficient (Wildman–Crippen LogP) is 3.94. The monoisotopic (exact) mass is 513 g/mol. The predicted molar refractivity (Wildman–Crippen MR) is 105 cm³/mol. The Hall–Kier alpha value is -2.67. The SMILES string of the molecule is NC(=O)C(c1ccc(S(=O)(=O)CC2CC2)cc1)c1ccc(C(O)(C(F)(F)F)C(F)(F)F)c(F)c1. The third-order valence-corrected chi connectivity index (χ3v) is 7.45. The van der Waals surface area contributed by atoms with Crippen LogP contribution < -0.4 is 5.73 Å². The number of rotatable bonds is 7. The molecule has 3 N–H and O–H groups in total. The summed E-state index contributed by atoms with van der Waals surface area (Å²) in [5.41, 5.74) is -2.62. The molecule has 0 heterocycles. The number of sulfone groups is 1. The summed E-state index contributed by atoms with van der Waals surface area (Å²) >= 11 is 0. The minimum atomic E-state index is -6.29. The van der Waals surface area contributed by atoms with E-state index < -0.39 is 56.6 Å². The number of aliphatic hydroxyl groups is 1. The lowest BCUT2D eigenvalue weighted by atomic mass is 9.86. The molecular weight excluding hydrogens is 495 g/mol. The minimum absolute atomic E-state index is 0.0342. The molecule has 13 heteroatoms. The van der Waals surface area contributed by atoms with Gasteiger partial charge in [-0.15, -0.1) is 0 Å². The van der Waals surface area contributed by atoms with Gasteiger partial charge < -0.3 is 10.8 Å². The lowest BCUT2D eigenvalue weighted by Crippen LogP contribution is -2.54. The molecule has 2 aromatic rings. The van der Waals surface area contributed by atoms with Crippen LogP contribution in [0.2, 0.25) is 0 Å². The lowest BCUT2D eigenvalue weighted by molar-refractivity contribution is -0.377. The maximum Gasteiger partial charge on any atom is 0.430 e. The second kappa shape index (κ2) is 8.52. The molecule has 1 fully saturated rings. The molecule has 0 radical (unpaired) electrons. The fourth-order valence-corrected chi connectivity index (χ4v) is 5.25. The van der Waals surface area contributed by atoms with E-state index in [2.05, 4.69) is 0 Å². The first-order chi connectivity index (χ1) is 15.5. The third-order valence-electron chi connectivity index (χ3n) is 5.55. The largest absolute Gasteiger partial charge is 0.430 e. The summed E-state index contributed by atoms with van der Waals surface area (Å²) < 4.78 is 118. The summed E-state index contributed by atoms with van der Waals surface area (Å²) in [6, 6.07) is 5.68. The zero-order valence-corrected chi connectivity index (χ0v) is 17.9. The summed E-state index contributed by atoms with van der Waals surface area (Å²) in [5.74, 6) is -4.70. The zero-order valence-electron chi connectivity index (χ0n) is 17.1. The first-order valence-electron chi connectivity index (χ1n) is 9.77. The topological polar surface area (TPSA) is 97.5 Å². The van der Waals surface area contributed by atoms with Gasteiger partial charge in [-0.3, -0.25) is 4.79 Å². The van der Waals surface area contributed by atoms with Gasteiger partial charge >= 0.3 is 12.4 Å². The highest BCUT2D eigenvalue weighted by Crippen LogP contribution is 2.51. The fourth-order valence-electron chi connectivity index (χ4n) is 3.55. The van der Waals surface area contributed by atoms with E-state index in [0.717, 1.165) is 12.8 Å². The van der Waals surface area contributed by atoms with E-state index in [4.69, 9.17) is 5.73 Å². The van der Waals surface area contributed by atoms with E-state index in [1.54, 1.807) is 0 Å². The third kappa shape index (κ3) is 4.76. The molecule has 1 saturated carbocycles. The summed E-state index contributed by atoms with van der Waals surface area (Å²) in [5, 5.41) is 9.43. The van der Waals surface area contributed by atoms with Gasteiger partial charge in [0.2, 0.25) is 5.91 Å². The molecule has 5 nitrogen and oxygen atoms in total. The van der Waals surface area contributed by atoms with Gasteiger partial charge in [0, 0.05) is 5.56 Å². The molecule has 34 heavy (non-hydrogen) atoms. The van der Waals surface area contributed by atoms with Crippen LogP contribution in [0.25, 0.3) is 0 Å². The first-order valence-corrected chi connectivity index (χ1v) is 11.4. The van der Waals surface area contributed by atoms with Gasteiger partial charge in [0.25, 0.3) is 5.60 Å². The average Bonchev–Trinajstić information content (AvgIpc) is 3.49. The molecule has 0 saturated heterocycles. The van der Waals surface area contributed by atoms with Crippen molar-refractivity contribution in [1.29, 1.82) is 0 Å². The Kier molecular flexibility index (Phi) is 6.50. The Morgan fingerprint density at radius 1 is 0.971 bits per heavy atom. The number of hydrogen-bond donors (Lipinski definition) is 2. The molecule has 0 aliphatic heterocycles. The van der Waals surface area contributed by atoms with Gasteiger partial charge in [-0.1, -0.05) is 24.3 Å². The Labute approximate surface area is 189 Å². The van der Waals surface area contributed by atoms with Crippen LogP contribution in [-0.4, -0.2) is 37.5 Å². The van der Waals surface area contributed by atoms with E-state index in [-0.39, 0.29) is 34.3 Å². The fraction of sp³-hybridized carbons (Fsp3) is 0.381. The van der Waals surface area contributed by atoms with E-state index in [0.29, 0.717) is 6.07 Å². The molecule has 0 aromatic heterocycles. The standard InChI is InChI=1S/C21H18F7NO4S/c22-16-9-13(5-8-15(16)19(31,20(23,24)25)21(26,27)28)17(18(29)30)12-3-6-14(7-4-12)34(32,33)10-11-1-2-11/h3-9,11,17,31H,1-2,10H2,(H2,29,30). The van der Waals surface area contributed by atoms with Crippen LogP contribution >= 0.6 is 0 Å². The molecule has 1 aliphatic carbocycles. The molecule has 0 bridgehead atoms. The normalized spacial score (nSPS) is 16.4. The van der Waals surface area contributed by atoms with Crippen LogP contribution in [0.5, 0.6) is 0 Å². The molecule has 0 spiro atoms. The van der Waals surface area contributed by atoms with Gasteiger partial charge in [-0.25, -0.2) is 12.8 Å². The van der Waals surface area contributed by atoms with Gasteiger partial charge in [-0.2, -0.15) is 26.3 Å². The molecule has 2 aromatic carbocycles. The number of hydrogen-bond acceptors (Lipinski definition) is 4. The van der Waals surface area contributed by atoms with Gasteiger partial charge in [0.15, 0.2) is 9.84 Å². The Morgan fingerprint density at radius 3 is 1.88 bits per heavy atom. The molecule has 1 unspecified atom stereocenters. The number of nitrogens with two attached hydrogens (primary N) is 1. The van der Waals surface area contributed by atoms with Gasteiger partial charge in [0.1, 0.15) is 5.82 Å². The summed E-state index contributed by atoms with van der Waals surface area (Å²) in [4.78, 5) is 12.0. The summed E-state index contributed by atoms with van der Waals surface area (Å²) in [7, 11) is -3.60. The van der Waals surface area contributed by atoms with Crippen LogP contribution in [0.4, 0.5) is 30.7 Å². The first kappa shape index (κ1) is 25.9. The van der Waals surface area contributed by atoms with Crippen LogP contribution in [0, 0.1) is 11.7 Å². The zero-order chi connectivity index (χ0) is 25.7. The van der Waals surface area contributed by atoms with Crippen molar-refractivity contribution >= 4 is 15.7 Å². The number of halogens is 7. The smallest absolute Gasteiger partial charge is 0.369 e. The maximum absolute atomic E-state index is 14.5. The quantitative estimate of drug-likeness (QED) is 0.549. The van der Waals surface area contributed by atoms with Crippen molar-refractivity contribution in [3.8, 4) is 0 Å². The number of amides is 1. The number of carbonyl (C=O) groups excluding carboxylic acids is 1. The lowest BCUT2D eigenvalue weighted by Gasteiger charge is -2.33. The summed E-state index contributed by atoms with van der Waals surface area (Å²) in [6.07, 6.45) is -11.0. The molecule has 1 aliphatic rings. The Morgan fingerprint density at radius 2 is 1.47 bits per heavy atom. The van der Waals surface area contributed by atoms with Crippen LogP contribution in [0.1, 0.15) is 35.4 Å². The minimum Gasteiger partial charge on any atom is -0.369 e. The number of benzene rings is 2. The van der Waals surface area contributed by atoms with Crippen molar-refractivity contribution in [2.45, 2.75) is 41.6 Å². The van der Waals surface area contributed by atoms with Gasteiger partial charge in [-0.05, 0) is 48.1 Å². The molecule has 1 atom stereocenters. The number of primary amides is 1. The van der Waals surface area contributed by atoms with Crippen molar-refractivity contribution in [3.63, 3.8) is 0 Å². The average molecular weight is 513 g/mol. The molecule has 3 rings (SSSR count). The highest BCUT2D eigenvalue weighted by atomic mass is 32.2. The molecule has 186 valence electrons. The highest BCUT2D eigenvalue weighted by Gasteiger charge is 2.72. The van der Waals surface area contributed by atoms with E-state index in [1.165, 1.54) is 24.3 Å². The van der Waals surface area contributed by atoms with Crippen LogP contribution in [0.3, 0.4) is 0 Å². The van der Waals surface area contributed by atoms with Crippen molar-refractivity contribution in [1.82, 2.24) is 0 Å². The van der Waals surface area contributed by atoms with E-state index in [1.807, 2.05) is 0 Å². The number of carbonyl (C=O) groups is 1. The van der Waals surface area contributed by atoms with Crippen molar-refractivity contribution in [2.24, 2.45) is 11.7 Å². The summed E-state index contributed by atoms with van der Waals surface area (Å²) in [6.45, 7) is 0.